The number of hydrogen-bond acceptors (Lipinski definition) is 3. The van der Waals surface area contributed by atoms with Crippen LogP contribution in [0.15, 0.2) is 47.4 Å². The van der Waals surface area contributed by atoms with E-state index in [2.05, 4.69) is 35.6 Å². The standard InChI is InChI=1S/C13H14ClNS2/c1-15-11(12-7-8-13(14)17-12)9-16-10-5-3-2-4-6-10/h2-8,11,15H,9H2,1H3. The van der Waals surface area contributed by atoms with Gasteiger partial charge in [0.1, 0.15) is 0 Å². The minimum absolute atomic E-state index is 0.359. The van der Waals surface area contributed by atoms with Gasteiger partial charge < -0.3 is 5.32 Å². The first-order chi connectivity index (χ1) is 8.29. The number of rotatable bonds is 5. The number of nitrogens with one attached hydrogen (secondary N) is 1. The molecule has 0 spiro atoms. The molecule has 2 rings (SSSR count). The SMILES string of the molecule is CNC(CSc1ccccc1)c1ccc(Cl)s1. The summed E-state index contributed by atoms with van der Waals surface area (Å²) in [6.07, 6.45) is 0. The van der Waals surface area contributed by atoms with Crippen molar-refractivity contribution in [1.82, 2.24) is 5.32 Å². The van der Waals surface area contributed by atoms with Gasteiger partial charge in [-0.3, -0.25) is 0 Å². The van der Waals surface area contributed by atoms with E-state index in [0.717, 1.165) is 10.1 Å². The first-order valence-corrected chi connectivity index (χ1v) is 7.58. The molecule has 4 heteroatoms. The zero-order valence-electron chi connectivity index (χ0n) is 9.52. The van der Waals surface area contributed by atoms with Gasteiger partial charge in [-0.25, -0.2) is 0 Å². The average molecular weight is 284 g/mol. The molecular formula is C13H14ClNS2. The van der Waals surface area contributed by atoms with Crippen LogP contribution < -0.4 is 5.32 Å². The lowest BCUT2D eigenvalue weighted by molar-refractivity contribution is 0.673. The Morgan fingerprint density at radius 2 is 2.00 bits per heavy atom. The number of thioether (sulfide) groups is 1. The highest BCUT2D eigenvalue weighted by atomic mass is 35.5. The van der Waals surface area contributed by atoms with Crippen LogP contribution in [0.4, 0.5) is 0 Å². The number of hydrogen-bond donors (Lipinski definition) is 1. The molecule has 1 unspecified atom stereocenters. The highest BCUT2D eigenvalue weighted by molar-refractivity contribution is 7.99. The smallest absolute Gasteiger partial charge is 0.0931 e. The van der Waals surface area contributed by atoms with Crippen molar-refractivity contribution in [2.75, 3.05) is 12.8 Å². The molecule has 1 aromatic heterocycles. The van der Waals surface area contributed by atoms with Gasteiger partial charge >= 0.3 is 0 Å². The molecule has 2 aromatic rings. The first kappa shape index (κ1) is 13.0. The summed E-state index contributed by atoms with van der Waals surface area (Å²) in [5, 5.41) is 3.33. The zero-order chi connectivity index (χ0) is 12.1. The molecule has 0 bridgehead atoms. The van der Waals surface area contributed by atoms with Crippen molar-refractivity contribution >= 4 is 34.7 Å². The zero-order valence-corrected chi connectivity index (χ0v) is 11.9. The Balaban J connectivity index is 1.97. The lowest BCUT2D eigenvalue weighted by atomic mass is 10.3. The minimum atomic E-state index is 0.359. The van der Waals surface area contributed by atoms with Crippen LogP contribution in [-0.2, 0) is 0 Å². The maximum atomic E-state index is 5.96. The molecule has 17 heavy (non-hydrogen) atoms. The Morgan fingerprint density at radius 1 is 1.24 bits per heavy atom. The first-order valence-electron chi connectivity index (χ1n) is 5.40. The quantitative estimate of drug-likeness (QED) is 0.814. The van der Waals surface area contributed by atoms with Gasteiger partial charge in [0.05, 0.1) is 10.4 Å². The summed E-state index contributed by atoms with van der Waals surface area (Å²) < 4.78 is 0.852. The molecule has 0 amide bonds. The van der Waals surface area contributed by atoms with E-state index in [-0.39, 0.29) is 0 Å². The molecule has 0 aliphatic heterocycles. The van der Waals surface area contributed by atoms with Crippen LogP contribution in [0.3, 0.4) is 0 Å². The van der Waals surface area contributed by atoms with Crippen molar-refractivity contribution in [2.45, 2.75) is 10.9 Å². The molecule has 0 aliphatic rings. The van der Waals surface area contributed by atoms with E-state index in [4.69, 9.17) is 11.6 Å². The number of halogens is 1. The second-order valence-corrected chi connectivity index (χ2v) is 6.45. The van der Waals surface area contributed by atoms with Gasteiger partial charge in [-0.05, 0) is 31.3 Å². The minimum Gasteiger partial charge on any atom is -0.312 e. The lowest BCUT2D eigenvalue weighted by Crippen LogP contribution is -2.17. The second-order valence-electron chi connectivity index (χ2n) is 3.61. The van der Waals surface area contributed by atoms with Crippen molar-refractivity contribution in [3.05, 3.63) is 51.7 Å². The van der Waals surface area contributed by atoms with E-state index in [1.165, 1.54) is 9.77 Å². The molecule has 0 fully saturated rings. The molecule has 1 atom stereocenters. The van der Waals surface area contributed by atoms with Crippen molar-refractivity contribution in [3.63, 3.8) is 0 Å². The van der Waals surface area contributed by atoms with E-state index in [1.807, 2.05) is 30.9 Å². The Morgan fingerprint density at radius 3 is 2.59 bits per heavy atom. The average Bonchev–Trinajstić information content (AvgIpc) is 2.78. The predicted octanol–water partition coefficient (Wildman–Crippen LogP) is 4.45. The van der Waals surface area contributed by atoms with Gasteiger partial charge in [0.15, 0.2) is 0 Å². The summed E-state index contributed by atoms with van der Waals surface area (Å²) in [5.41, 5.74) is 0. The van der Waals surface area contributed by atoms with E-state index >= 15 is 0 Å². The number of thiophene rings is 1. The molecule has 1 nitrogen and oxygen atoms in total. The monoisotopic (exact) mass is 283 g/mol. The van der Waals surface area contributed by atoms with Gasteiger partial charge in [-0.1, -0.05) is 29.8 Å². The Hall–Kier alpha value is -0.480. The summed E-state index contributed by atoms with van der Waals surface area (Å²) in [5.74, 6) is 1.01. The third-order valence-electron chi connectivity index (χ3n) is 2.45. The third kappa shape index (κ3) is 3.75. The van der Waals surface area contributed by atoms with Crippen molar-refractivity contribution in [1.29, 1.82) is 0 Å². The maximum absolute atomic E-state index is 5.96. The van der Waals surface area contributed by atoms with Crippen LogP contribution in [0, 0.1) is 0 Å². The molecular weight excluding hydrogens is 270 g/mol. The van der Waals surface area contributed by atoms with E-state index in [1.54, 1.807) is 11.3 Å². The summed E-state index contributed by atoms with van der Waals surface area (Å²) in [7, 11) is 1.99. The Bertz CT molecular complexity index is 455. The van der Waals surface area contributed by atoms with Crippen LogP contribution in [0.1, 0.15) is 10.9 Å². The molecule has 0 aliphatic carbocycles. The number of benzene rings is 1. The van der Waals surface area contributed by atoms with Crippen LogP contribution in [0.5, 0.6) is 0 Å². The lowest BCUT2D eigenvalue weighted by Gasteiger charge is -2.13. The summed E-state index contributed by atoms with van der Waals surface area (Å²) in [6, 6.07) is 14.9. The van der Waals surface area contributed by atoms with Crippen molar-refractivity contribution in [2.24, 2.45) is 0 Å². The molecule has 1 aromatic carbocycles. The Kier molecular flexibility index (Phi) is 4.92. The van der Waals surface area contributed by atoms with Crippen LogP contribution >= 0.6 is 34.7 Å². The topological polar surface area (TPSA) is 12.0 Å². The fourth-order valence-electron chi connectivity index (χ4n) is 1.52. The molecule has 90 valence electrons. The van der Waals surface area contributed by atoms with Crippen LogP contribution in [0.2, 0.25) is 4.34 Å². The molecule has 0 saturated carbocycles. The maximum Gasteiger partial charge on any atom is 0.0931 e. The fraction of sp³-hybridized carbons (Fsp3) is 0.231. The van der Waals surface area contributed by atoms with Crippen LogP contribution in [-0.4, -0.2) is 12.8 Å². The predicted molar refractivity (Wildman–Crippen MR) is 78.3 cm³/mol. The molecule has 1 N–H and O–H groups in total. The van der Waals surface area contributed by atoms with Crippen molar-refractivity contribution in [3.8, 4) is 0 Å². The van der Waals surface area contributed by atoms with E-state index in [9.17, 15) is 0 Å². The summed E-state index contributed by atoms with van der Waals surface area (Å²) in [6.45, 7) is 0. The molecule has 0 radical (unpaired) electrons. The fourth-order valence-corrected chi connectivity index (χ4v) is 3.85. The van der Waals surface area contributed by atoms with E-state index in [0.29, 0.717) is 6.04 Å². The van der Waals surface area contributed by atoms with E-state index < -0.39 is 0 Å². The molecule has 0 saturated heterocycles. The molecule has 1 heterocycles. The summed E-state index contributed by atoms with van der Waals surface area (Å²) in [4.78, 5) is 2.59. The normalized spacial score (nSPS) is 12.6. The van der Waals surface area contributed by atoms with Crippen molar-refractivity contribution < 1.29 is 0 Å². The highest BCUT2D eigenvalue weighted by Gasteiger charge is 2.11. The van der Waals surface area contributed by atoms with Gasteiger partial charge in [0, 0.05) is 15.5 Å². The Labute approximate surface area is 115 Å². The van der Waals surface area contributed by atoms with Gasteiger partial charge in [0.25, 0.3) is 0 Å². The van der Waals surface area contributed by atoms with Gasteiger partial charge in [-0.2, -0.15) is 0 Å². The summed E-state index contributed by atoms with van der Waals surface area (Å²) >= 11 is 9.47. The third-order valence-corrected chi connectivity index (χ3v) is 4.90. The highest BCUT2D eigenvalue weighted by Crippen LogP contribution is 2.30. The second kappa shape index (κ2) is 6.45. The van der Waals surface area contributed by atoms with Crippen LogP contribution in [0.25, 0.3) is 0 Å². The van der Waals surface area contributed by atoms with Gasteiger partial charge in [-0.15, -0.1) is 23.1 Å². The van der Waals surface area contributed by atoms with Gasteiger partial charge in [0.2, 0.25) is 0 Å². The largest absolute Gasteiger partial charge is 0.312 e.